The highest BCUT2D eigenvalue weighted by Gasteiger charge is 2.01. The van der Waals surface area contributed by atoms with Crippen LogP contribution in [0.1, 0.15) is 6.42 Å². The molecular formula is C6H13N3O2. The first-order chi connectivity index (χ1) is 5.20. The van der Waals surface area contributed by atoms with Crippen LogP contribution in [0.25, 0.3) is 0 Å². The number of hydrogen-bond donors (Lipinski definition) is 3. The van der Waals surface area contributed by atoms with Gasteiger partial charge in [0.05, 0.1) is 6.54 Å². The van der Waals surface area contributed by atoms with E-state index in [1.165, 1.54) is 7.05 Å². The van der Waals surface area contributed by atoms with Gasteiger partial charge in [-0.1, -0.05) is 0 Å². The van der Waals surface area contributed by atoms with Crippen LogP contribution in [0.4, 0.5) is 0 Å². The predicted molar refractivity (Wildman–Crippen MR) is 40.7 cm³/mol. The van der Waals surface area contributed by atoms with E-state index < -0.39 is 0 Å². The molecule has 0 atom stereocenters. The lowest BCUT2D eigenvalue weighted by Crippen LogP contribution is -2.35. The normalized spacial score (nSPS) is 8.91. The van der Waals surface area contributed by atoms with Crippen molar-refractivity contribution in [3.05, 3.63) is 0 Å². The van der Waals surface area contributed by atoms with Crippen LogP contribution in [0.15, 0.2) is 0 Å². The smallest absolute Gasteiger partial charge is 0.239 e. The van der Waals surface area contributed by atoms with E-state index >= 15 is 0 Å². The summed E-state index contributed by atoms with van der Waals surface area (Å²) in [6, 6.07) is 0. The third-order valence-electron chi connectivity index (χ3n) is 1.10. The Bertz CT molecular complexity index is 147. The standard InChI is InChI=1S/C6H13N3O2/c1-8-6(11)4-9-5(10)2-3-7/h2-4,7H2,1H3,(H,8,11)(H,9,10). The maximum atomic E-state index is 10.7. The summed E-state index contributed by atoms with van der Waals surface area (Å²) in [5, 5.41) is 4.78. The van der Waals surface area contributed by atoms with Gasteiger partial charge in [-0.25, -0.2) is 0 Å². The number of nitrogens with one attached hydrogen (secondary N) is 2. The van der Waals surface area contributed by atoms with E-state index in [4.69, 9.17) is 5.73 Å². The van der Waals surface area contributed by atoms with Gasteiger partial charge in [-0.05, 0) is 0 Å². The number of hydrogen-bond acceptors (Lipinski definition) is 3. The minimum atomic E-state index is -0.213. The number of carbonyl (C=O) groups is 2. The molecule has 0 aromatic rings. The molecule has 4 N–H and O–H groups in total. The summed E-state index contributed by atoms with van der Waals surface area (Å²) >= 11 is 0. The summed E-state index contributed by atoms with van der Waals surface area (Å²) in [5.74, 6) is -0.411. The van der Waals surface area contributed by atoms with Crippen LogP contribution >= 0.6 is 0 Å². The second-order valence-electron chi connectivity index (χ2n) is 1.99. The summed E-state index contributed by atoms with van der Waals surface area (Å²) in [6.07, 6.45) is 0.261. The van der Waals surface area contributed by atoms with Crippen molar-refractivity contribution in [2.75, 3.05) is 20.1 Å². The molecule has 2 amide bonds. The fourth-order valence-electron chi connectivity index (χ4n) is 0.487. The zero-order chi connectivity index (χ0) is 8.69. The van der Waals surface area contributed by atoms with Gasteiger partial charge in [0.2, 0.25) is 11.8 Å². The lowest BCUT2D eigenvalue weighted by molar-refractivity contribution is -0.125. The molecule has 0 aliphatic heterocycles. The molecule has 0 radical (unpaired) electrons. The largest absolute Gasteiger partial charge is 0.358 e. The first-order valence-corrected chi connectivity index (χ1v) is 3.38. The van der Waals surface area contributed by atoms with Crippen molar-refractivity contribution in [3.8, 4) is 0 Å². The molecule has 0 bridgehead atoms. The molecule has 11 heavy (non-hydrogen) atoms. The fourth-order valence-corrected chi connectivity index (χ4v) is 0.487. The highest BCUT2D eigenvalue weighted by molar-refractivity contribution is 5.84. The van der Waals surface area contributed by atoms with Gasteiger partial charge in [-0.15, -0.1) is 0 Å². The van der Waals surface area contributed by atoms with E-state index in [1.54, 1.807) is 0 Å². The van der Waals surface area contributed by atoms with Crippen LogP contribution in [-0.4, -0.2) is 32.0 Å². The van der Waals surface area contributed by atoms with Crippen LogP contribution in [0.3, 0.4) is 0 Å². The van der Waals surface area contributed by atoms with E-state index in [1.807, 2.05) is 0 Å². The molecule has 5 heteroatoms. The first kappa shape index (κ1) is 9.90. The van der Waals surface area contributed by atoms with Gasteiger partial charge < -0.3 is 16.4 Å². The fraction of sp³-hybridized carbons (Fsp3) is 0.667. The Kier molecular flexibility index (Phi) is 5.10. The van der Waals surface area contributed by atoms with Crippen LogP contribution in [-0.2, 0) is 9.59 Å². The number of amides is 2. The highest BCUT2D eigenvalue weighted by atomic mass is 16.2. The summed E-state index contributed by atoms with van der Waals surface area (Å²) in [5.41, 5.74) is 5.11. The molecule has 0 aromatic carbocycles. The van der Waals surface area contributed by atoms with Crippen molar-refractivity contribution in [2.24, 2.45) is 5.73 Å². The van der Waals surface area contributed by atoms with Gasteiger partial charge in [0.25, 0.3) is 0 Å². The van der Waals surface area contributed by atoms with Gasteiger partial charge in [0.15, 0.2) is 0 Å². The average Bonchev–Trinajstić information content (AvgIpc) is 2.01. The molecule has 64 valence electrons. The van der Waals surface area contributed by atoms with Gasteiger partial charge in [-0.2, -0.15) is 0 Å². The molecular weight excluding hydrogens is 146 g/mol. The highest BCUT2D eigenvalue weighted by Crippen LogP contribution is 1.72. The van der Waals surface area contributed by atoms with Gasteiger partial charge in [-0.3, -0.25) is 9.59 Å². The van der Waals surface area contributed by atoms with Gasteiger partial charge in [0.1, 0.15) is 0 Å². The summed E-state index contributed by atoms with van der Waals surface area (Å²) in [6.45, 7) is 0.328. The van der Waals surface area contributed by atoms with Crippen molar-refractivity contribution in [3.63, 3.8) is 0 Å². The second kappa shape index (κ2) is 5.67. The molecule has 0 saturated heterocycles. The Morgan fingerprint density at radius 3 is 2.45 bits per heavy atom. The summed E-state index contributed by atoms with van der Waals surface area (Å²) < 4.78 is 0. The Hall–Kier alpha value is -1.10. The Morgan fingerprint density at radius 1 is 1.36 bits per heavy atom. The molecule has 5 nitrogen and oxygen atoms in total. The van der Waals surface area contributed by atoms with Crippen molar-refractivity contribution in [1.82, 2.24) is 10.6 Å². The molecule has 0 aromatic heterocycles. The molecule has 0 fully saturated rings. The van der Waals surface area contributed by atoms with Crippen LogP contribution in [0, 0.1) is 0 Å². The maximum Gasteiger partial charge on any atom is 0.239 e. The molecule has 0 aliphatic rings. The van der Waals surface area contributed by atoms with E-state index in [9.17, 15) is 9.59 Å². The SMILES string of the molecule is CNC(=O)CNC(=O)CCN. The summed E-state index contributed by atoms with van der Waals surface area (Å²) in [7, 11) is 1.51. The molecule has 0 rings (SSSR count). The molecule has 0 saturated carbocycles. The Balaban J connectivity index is 3.38. The zero-order valence-electron chi connectivity index (χ0n) is 6.52. The minimum absolute atomic E-state index is 0.0231. The summed E-state index contributed by atoms with van der Waals surface area (Å²) in [4.78, 5) is 21.3. The van der Waals surface area contributed by atoms with E-state index in [-0.39, 0.29) is 24.8 Å². The van der Waals surface area contributed by atoms with Crippen molar-refractivity contribution < 1.29 is 9.59 Å². The maximum absolute atomic E-state index is 10.7. The number of likely N-dealkylation sites (N-methyl/N-ethyl adjacent to an activating group) is 1. The number of rotatable bonds is 4. The molecule has 0 aliphatic carbocycles. The van der Waals surface area contributed by atoms with Crippen molar-refractivity contribution in [1.29, 1.82) is 0 Å². The zero-order valence-corrected chi connectivity index (χ0v) is 6.52. The average molecular weight is 159 g/mol. The number of carbonyl (C=O) groups excluding carboxylic acids is 2. The quantitative estimate of drug-likeness (QED) is 0.452. The third kappa shape index (κ3) is 5.35. The Morgan fingerprint density at radius 2 is 2.00 bits per heavy atom. The topological polar surface area (TPSA) is 84.2 Å². The van der Waals surface area contributed by atoms with Crippen LogP contribution in [0.5, 0.6) is 0 Å². The Labute approximate surface area is 65.3 Å². The van der Waals surface area contributed by atoms with Crippen molar-refractivity contribution >= 4 is 11.8 Å². The number of nitrogens with two attached hydrogens (primary N) is 1. The first-order valence-electron chi connectivity index (χ1n) is 3.38. The second-order valence-corrected chi connectivity index (χ2v) is 1.99. The van der Waals surface area contributed by atoms with Gasteiger partial charge >= 0.3 is 0 Å². The molecule has 0 heterocycles. The lowest BCUT2D eigenvalue weighted by Gasteiger charge is -2.01. The lowest BCUT2D eigenvalue weighted by atomic mass is 10.4. The van der Waals surface area contributed by atoms with E-state index in [0.29, 0.717) is 6.54 Å². The molecule has 0 unspecified atom stereocenters. The van der Waals surface area contributed by atoms with Crippen LogP contribution < -0.4 is 16.4 Å². The van der Waals surface area contributed by atoms with E-state index in [2.05, 4.69) is 10.6 Å². The van der Waals surface area contributed by atoms with E-state index in [0.717, 1.165) is 0 Å². The van der Waals surface area contributed by atoms with Crippen molar-refractivity contribution in [2.45, 2.75) is 6.42 Å². The third-order valence-corrected chi connectivity index (χ3v) is 1.10. The predicted octanol–water partition coefficient (Wildman–Crippen LogP) is -1.80. The van der Waals surface area contributed by atoms with Gasteiger partial charge in [0, 0.05) is 20.0 Å². The van der Waals surface area contributed by atoms with Crippen LogP contribution in [0.2, 0.25) is 0 Å². The minimum Gasteiger partial charge on any atom is -0.358 e. The monoisotopic (exact) mass is 159 g/mol. The molecule has 0 spiro atoms.